The molecule has 2 aliphatic rings. The first-order valence-corrected chi connectivity index (χ1v) is 8.67. The molecule has 110 valence electrons. The second kappa shape index (κ2) is 5.77. The van der Waals surface area contributed by atoms with Gasteiger partial charge in [0.05, 0.1) is 0 Å². The van der Waals surface area contributed by atoms with Gasteiger partial charge in [0.2, 0.25) is 0 Å². The van der Waals surface area contributed by atoms with E-state index in [0.29, 0.717) is 0 Å². The van der Waals surface area contributed by atoms with E-state index in [2.05, 4.69) is 75.9 Å². The van der Waals surface area contributed by atoms with Crippen molar-refractivity contribution < 1.29 is 0 Å². The molecule has 0 aromatic heterocycles. The van der Waals surface area contributed by atoms with Crippen molar-refractivity contribution in [2.75, 3.05) is 6.54 Å². The molecule has 1 aliphatic carbocycles. The Morgan fingerprint density at radius 3 is 2.50 bits per heavy atom. The lowest BCUT2D eigenvalue weighted by molar-refractivity contribution is 0.590. The van der Waals surface area contributed by atoms with Crippen LogP contribution in [0, 0.1) is 0 Å². The number of benzene rings is 2. The number of fused-ring (bicyclic) bond motifs is 2. The highest BCUT2D eigenvalue weighted by atomic mass is 79.9. The van der Waals surface area contributed by atoms with Gasteiger partial charge in [0.25, 0.3) is 0 Å². The maximum Gasteiger partial charge on any atom is 0.0193 e. The fraction of sp³-hybridized carbons (Fsp3) is 0.200. The zero-order valence-corrected chi connectivity index (χ0v) is 14.0. The van der Waals surface area contributed by atoms with Crippen molar-refractivity contribution in [3.05, 3.63) is 74.9 Å². The number of halogens is 1. The zero-order chi connectivity index (χ0) is 14.9. The third-order valence-corrected chi connectivity index (χ3v) is 4.94. The van der Waals surface area contributed by atoms with E-state index in [-0.39, 0.29) is 0 Å². The number of piperidine rings is 1. The molecule has 1 nitrogen and oxygen atoms in total. The average Bonchev–Trinajstić information content (AvgIpc) is 2.72. The van der Waals surface area contributed by atoms with Gasteiger partial charge in [0, 0.05) is 22.3 Å². The minimum atomic E-state index is 1.08. The van der Waals surface area contributed by atoms with Crippen LogP contribution in [0.1, 0.15) is 41.5 Å². The Labute approximate surface area is 139 Å². The Balaban J connectivity index is 2.03. The predicted octanol–water partition coefficient (Wildman–Crippen LogP) is 5.47. The molecular weight excluding hydrogens is 334 g/mol. The van der Waals surface area contributed by atoms with Crippen molar-refractivity contribution in [1.82, 2.24) is 5.32 Å². The van der Waals surface area contributed by atoms with Crippen LogP contribution in [-0.2, 0) is 0 Å². The first kappa shape index (κ1) is 13.8. The molecule has 1 heterocycles. The molecular formula is C20H18BrN. The van der Waals surface area contributed by atoms with Crippen molar-refractivity contribution >= 4 is 33.7 Å². The van der Waals surface area contributed by atoms with Gasteiger partial charge in [-0.1, -0.05) is 58.4 Å². The topological polar surface area (TPSA) is 12.0 Å². The zero-order valence-electron chi connectivity index (χ0n) is 12.4. The summed E-state index contributed by atoms with van der Waals surface area (Å²) in [6.45, 7) is 1.08. The lowest BCUT2D eigenvalue weighted by Gasteiger charge is -2.23. The second-order valence-electron chi connectivity index (χ2n) is 5.89. The predicted molar refractivity (Wildman–Crippen MR) is 97.4 cm³/mol. The van der Waals surface area contributed by atoms with Gasteiger partial charge in [-0.05, 0) is 53.6 Å². The minimum absolute atomic E-state index is 1.08. The molecule has 0 atom stereocenters. The van der Waals surface area contributed by atoms with Crippen LogP contribution in [-0.4, -0.2) is 6.54 Å². The van der Waals surface area contributed by atoms with Gasteiger partial charge in [0.15, 0.2) is 0 Å². The maximum atomic E-state index is 3.65. The molecule has 22 heavy (non-hydrogen) atoms. The van der Waals surface area contributed by atoms with Crippen LogP contribution >= 0.6 is 15.9 Å². The average molecular weight is 352 g/mol. The largest absolute Gasteiger partial charge is 0.388 e. The lowest BCUT2D eigenvalue weighted by atomic mass is 9.89. The monoisotopic (exact) mass is 351 g/mol. The Kier molecular flexibility index (Phi) is 3.63. The molecule has 4 rings (SSSR count). The Hall–Kier alpha value is -1.80. The normalized spacial score (nSPS) is 19.9. The fourth-order valence-electron chi connectivity index (χ4n) is 3.38. The summed E-state index contributed by atoms with van der Waals surface area (Å²) in [5.41, 5.74) is 8.00. The maximum absolute atomic E-state index is 3.65. The van der Waals surface area contributed by atoms with Crippen LogP contribution in [0.15, 0.2) is 52.6 Å². The molecule has 0 radical (unpaired) electrons. The van der Waals surface area contributed by atoms with Crippen molar-refractivity contribution in [1.29, 1.82) is 0 Å². The van der Waals surface area contributed by atoms with Crippen LogP contribution in [0.4, 0.5) is 0 Å². The summed E-state index contributed by atoms with van der Waals surface area (Å²) in [4.78, 5) is 0. The van der Waals surface area contributed by atoms with E-state index < -0.39 is 0 Å². The number of hydrogen-bond donors (Lipinski definition) is 1. The molecule has 0 spiro atoms. The molecule has 0 amide bonds. The quantitative estimate of drug-likeness (QED) is 0.566. The highest BCUT2D eigenvalue weighted by Crippen LogP contribution is 2.38. The first-order valence-electron chi connectivity index (χ1n) is 7.87. The van der Waals surface area contributed by atoms with Crippen LogP contribution in [0.2, 0.25) is 0 Å². The highest BCUT2D eigenvalue weighted by Gasteiger charge is 2.20. The highest BCUT2D eigenvalue weighted by molar-refractivity contribution is 9.10. The number of rotatable bonds is 0. The van der Waals surface area contributed by atoms with E-state index in [1.54, 1.807) is 0 Å². The molecule has 2 aromatic rings. The second-order valence-corrected chi connectivity index (χ2v) is 6.81. The number of hydrogen-bond acceptors (Lipinski definition) is 1. The van der Waals surface area contributed by atoms with E-state index >= 15 is 0 Å². The summed E-state index contributed by atoms with van der Waals surface area (Å²) < 4.78 is 1.13. The van der Waals surface area contributed by atoms with Gasteiger partial charge in [-0.25, -0.2) is 0 Å². The van der Waals surface area contributed by atoms with Gasteiger partial charge in [-0.3, -0.25) is 0 Å². The standard InChI is InChI=1S/C20H18BrN/c21-16-11-10-15-9-8-14-5-1-2-6-17(14)20(18(15)13-16)19-7-3-4-12-22-19/h1-2,5-6,8-11,13,22H,3-4,7,12H2. The van der Waals surface area contributed by atoms with Crippen LogP contribution in [0.25, 0.3) is 17.7 Å². The summed E-state index contributed by atoms with van der Waals surface area (Å²) in [5.74, 6) is 0. The molecule has 2 heteroatoms. The summed E-state index contributed by atoms with van der Waals surface area (Å²) in [6, 6.07) is 15.3. The fourth-order valence-corrected chi connectivity index (χ4v) is 3.74. The molecule has 0 saturated carbocycles. The van der Waals surface area contributed by atoms with E-state index in [0.717, 1.165) is 17.4 Å². The lowest BCUT2D eigenvalue weighted by Crippen LogP contribution is -2.21. The third-order valence-electron chi connectivity index (χ3n) is 4.45. The molecule has 0 bridgehead atoms. The van der Waals surface area contributed by atoms with Crippen LogP contribution < -0.4 is 5.32 Å². The number of allylic oxidation sites excluding steroid dienone is 1. The molecule has 2 aromatic carbocycles. The Morgan fingerprint density at radius 1 is 0.864 bits per heavy atom. The van der Waals surface area contributed by atoms with E-state index in [9.17, 15) is 0 Å². The summed E-state index contributed by atoms with van der Waals surface area (Å²) >= 11 is 3.64. The molecule has 0 unspecified atom stereocenters. The van der Waals surface area contributed by atoms with Gasteiger partial charge < -0.3 is 5.32 Å². The molecule has 1 fully saturated rings. The minimum Gasteiger partial charge on any atom is -0.388 e. The van der Waals surface area contributed by atoms with Crippen molar-refractivity contribution in [2.45, 2.75) is 19.3 Å². The molecule has 1 aliphatic heterocycles. The van der Waals surface area contributed by atoms with Gasteiger partial charge in [-0.2, -0.15) is 0 Å². The van der Waals surface area contributed by atoms with E-state index in [4.69, 9.17) is 0 Å². The van der Waals surface area contributed by atoms with Crippen molar-refractivity contribution in [2.24, 2.45) is 0 Å². The molecule has 1 saturated heterocycles. The van der Waals surface area contributed by atoms with E-state index in [1.165, 1.54) is 46.4 Å². The number of nitrogens with one attached hydrogen (secondary N) is 1. The summed E-state index contributed by atoms with van der Waals surface area (Å²) in [6.07, 6.45) is 8.14. The Bertz CT molecular complexity index is 778. The Morgan fingerprint density at radius 2 is 1.68 bits per heavy atom. The van der Waals surface area contributed by atoms with E-state index in [1.807, 2.05) is 0 Å². The van der Waals surface area contributed by atoms with Crippen LogP contribution in [0.5, 0.6) is 0 Å². The van der Waals surface area contributed by atoms with Crippen molar-refractivity contribution in [3.63, 3.8) is 0 Å². The van der Waals surface area contributed by atoms with Crippen LogP contribution in [0.3, 0.4) is 0 Å². The van der Waals surface area contributed by atoms with Crippen molar-refractivity contribution in [3.8, 4) is 0 Å². The third kappa shape index (κ3) is 2.42. The molecule has 1 N–H and O–H groups in total. The smallest absolute Gasteiger partial charge is 0.0193 e. The van der Waals surface area contributed by atoms with Gasteiger partial charge in [-0.15, -0.1) is 0 Å². The SMILES string of the molecule is Brc1ccc2c(c1)C(=C1CCCCN1)c1ccccc1C=C2. The summed E-state index contributed by atoms with van der Waals surface area (Å²) in [5, 5.41) is 3.65. The van der Waals surface area contributed by atoms with Gasteiger partial charge >= 0.3 is 0 Å². The first-order chi connectivity index (χ1) is 10.8. The summed E-state index contributed by atoms with van der Waals surface area (Å²) in [7, 11) is 0. The van der Waals surface area contributed by atoms with Gasteiger partial charge in [0.1, 0.15) is 0 Å².